The number of alkyl halides is 3. The van der Waals surface area contributed by atoms with Crippen molar-refractivity contribution in [2.24, 2.45) is 0 Å². The van der Waals surface area contributed by atoms with Gasteiger partial charge in [0.05, 0.1) is 0 Å². The summed E-state index contributed by atoms with van der Waals surface area (Å²) in [6, 6.07) is 0. The zero-order valence-electron chi connectivity index (χ0n) is 5.77. The van der Waals surface area contributed by atoms with Crippen LogP contribution in [0.2, 0.25) is 0 Å². The zero-order valence-corrected chi connectivity index (χ0v) is 5.77. The van der Waals surface area contributed by atoms with Crippen molar-refractivity contribution in [3.63, 3.8) is 0 Å². The summed E-state index contributed by atoms with van der Waals surface area (Å²) in [5.41, 5.74) is -3.40. The summed E-state index contributed by atoms with van der Waals surface area (Å²) in [7, 11) is 0. The Labute approximate surface area is 61.3 Å². The van der Waals surface area contributed by atoms with Crippen LogP contribution in [0.1, 0.15) is 6.92 Å². The second-order valence-electron chi connectivity index (χ2n) is 2.02. The van der Waals surface area contributed by atoms with Gasteiger partial charge >= 0.3 is 6.18 Å². The van der Waals surface area contributed by atoms with Crippen molar-refractivity contribution in [1.82, 2.24) is 0 Å². The van der Waals surface area contributed by atoms with Crippen LogP contribution in [0.5, 0.6) is 0 Å². The normalized spacial score (nSPS) is 17.2. The van der Waals surface area contributed by atoms with E-state index >= 15 is 0 Å². The highest BCUT2D eigenvalue weighted by molar-refractivity contribution is 5.87. The lowest BCUT2D eigenvalue weighted by molar-refractivity contribution is -0.232. The highest BCUT2D eigenvalue weighted by Crippen LogP contribution is 2.31. The fourth-order valence-corrected chi connectivity index (χ4v) is 0.459. The molecule has 1 N–H and O–H groups in total. The Bertz CT molecular complexity index is 185. The zero-order chi connectivity index (χ0) is 9.28. The van der Waals surface area contributed by atoms with Gasteiger partial charge in [0.1, 0.15) is 0 Å². The Hall–Kier alpha value is -0.840. The van der Waals surface area contributed by atoms with Crippen molar-refractivity contribution in [3.8, 4) is 0 Å². The van der Waals surface area contributed by atoms with E-state index < -0.39 is 17.6 Å². The van der Waals surface area contributed by atoms with E-state index in [4.69, 9.17) is 5.11 Å². The Morgan fingerprint density at radius 3 is 1.91 bits per heavy atom. The number of rotatable bonds is 2. The lowest BCUT2D eigenvalue weighted by Crippen LogP contribution is -2.49. The highest BCUT2D eigenvalue weighted by Gasteiger charge is 2.55. The molecular formula is C6H7F3O2. The van der Waals surface area contributed by atoms with Crippen LogP contribution in [0.3, 0.4) is 0 Å². The standard InChI is InChI=1S/C6H7F3O2/c1-3-5(11,4(2)10)6(7,8)9/h3,11H,1H2,2H3/t5-/m1/s1. The molecule has 0 aromatic heterocycles. The van der Waals surface area contributed by atoms with E-state index in [1.54, 1.807) is 0 Å². The average Bonchev–Trinajstić information content (AvgIpc) is 1.83. The largest absolute Gasteiger partial charge is 0.428 e. The molecule has 64 valence electrons. The number of halogens is 3. The molecule has 0 aliphatic heterocycles. The van der Waals surface area contributed by atoms with Gasteiger partial charge in [-0.25, -0.2) is 0 Å². The van der Waals surface area contributed by atoms with Gasteiger partial charge < -0.3 is 5.11 Å². The minimum absolute atomic E-state index is 0.176. The molecule has 0 bridgehead atoms. The van der Waals surface area contributed by atoms with Gasteiger partial charge in [-0.15, -0.1) is 0 Å². The minimum atomic E-state index is -4.99. The fraction of sp³-hybridized carbons (Fsp3) is 0.500. The first-order chi connectivity index (χ1) is 4.75. The quantitative estimate of drug-likeness (QED) is 0.626. The number of Topliss-reactive ketones (excluding diaryl/α,β-unsaturated/α-hetero) is 1. The number of aliphatic hydroxyl groups is 1. The minimum Gasteiger partial charge on any atom is -0.370 e. The number of hydrogen-bond donors (Lipinski definition) is 1. The first-order valence-electron chi connectivity index (χ1n) is 2.69. The van der Waals surface area contributed by atoms with Crippen molar-refractivity contribution in [2.45, 2.75) is 18.7 Å². The molecule has 0 saturated heterocycles. The van der Waals surface area contributed by atoms with Gasteiger partial charge in [0.2, 0.25) is 5.60 Å². The third-order valence-corrected chi connectivity index (χ3v) is 1.26. The molecule has 0 aromatic rings. The Morgan fingerprint density at radius 2 is 1.91 bits per heavy atom. The SMILES string of the molecule is C=C[C@@](O)(C(C)=O)C(F)(F)F. The number of carbonyl (C=O) groups is 1. The van der Waals surface area contributed by atoms with Crippen molar-refractivity contribution >= 4 is 5.78 Å². The van der Waals surface area contributed by atoms with Crippen LogP contribution in [0, 0.1) is 0 Å². The third kappa shape index (κ3) is 1.59. The summed E-state index contributed by atoms with van der Waals surface area (Å²) in [6.45, 7) is 3.38. The average molecular weight is 168 g/mol. The van der Waals surface area contributed by atoms with E-state index in [0.717, 1.165) is 0 Å². The molecule has 11 heavy (non-hydrogen) atoms. The van der Waals surface area contributed by atoms with Crippen molar-refractivity contribution in [2.75, 3.05) is 0 Å². The van der Waals surface area contributed by atoms with Crippen molar-refractivity contribution < 1.29 is 23.1 Å². The molecule has 1 atom stereocenters. The molecule has 0 fully saturated rings. The van der Waals surface area contributed by atoms with Crippen LogP contribution in [-0.4, -0.2) is 22.7 Å². The Kier molecular flexibility index (Phi) is 2.45. The highest BCUT2D eigenvalue weighted by atomic mass is 19.4. The predicted octanol–water partition coefficient (Wildman–Crippen LogP) is 1.05. The van der Waals surface area contributed by atoms with Gasteiger partial charge in [-0.3, -0.25) is 4.79 Å². The first-order valence-corrected chi connectivity index (χ1v) is 2.69. The van der Waals surface area contributed by atoms with Crippen LogP contribution >= 0.6 is 0 Å². The molecule has 0 heterocycles. The predicted molar refractivity (Wildman–Crippen MR) is 31.9 cm³/mol. The summed E-state index contributed by atoms with van der Waals surface area (Å²) in [4.78, 5) is 10.3. The maximum atomic E-state index is 11.8. The van der Waals surface area contributed by atoms with E-state index in [1.165, 1.54) is 0 Å². The number of carbonyl (C=O) groups excluding carboxylic acids is 1. The molecule has 0 saturated carbocycles. The topological polar surface area (TPSA) is 37.3 Å². The van der Waals surface area contributed by atoms with Gasteiger partial charge in [-0.1, -0.05) is 6.58 Å². The van der Waals surface area contributed by atoms with Crippen LogP contribution in [0.15, 0.2) is 12.7 Å². The maximum Gasteiger partial charge on any atom is 0.428 e. The van der Waals surface area contributed by atoms with Gasteiger partial charge in [0.15, 0.2) is 5.78 Å². The Morgan fingerprint density at radius 1 is 1.55 bits per heavy atom. The van der Waals surface area contributed by atoms with Gasteiger partial charge in [0, 0.05) is 0 Å². The van der Waals surface area contributed by atoms with Gasteiger partial charge in [-0.2, -0.15) is 13.2 Å². The van der Waals surface area contributed by atoms with E-state index in [2.05, 4.69) is 6.58 Å². The third-order valence-electron chi connectivity index (χ3n) is 1.26. The summed E-state index contributed by atoms with van der Waals surface area (Å²) < 4.78 is 35.4. The van der Waals surface area contributed by atoms with E-state index in [0.29, 0.717) is 6.92 Å². The van der Waals surface area contributed by atoms with Gasteiger partial charge in [0.25, 0.3) is 0 Å². The van der Waals surface area contributed by atoms with Gasteiger partial charge in [-0.05, 0) is 13.0 Å². The molecule has 0 aliphatic carbocycles. The van der Waals surface area contributed by atoms with E-state index in [1.807, 2.05) is 0 Å². The lowest BCUT2D eigenvalue weighted by atomic mass is 9.99. The molecule has 0 amide bonds. The summed E-state index contributed by atoms with van der Waals surface area (Å²) in [5, 5.41) is 8.64. The monoisotopic (exact) mass is 168 g/mol. The molecule has 2 nitrogen and oxygen atoms in total. The number of hydrogen-bond acceptors (Lipinski definition) is 2. The van der Waals surface area contributed by atoms with Crippen LogP contribution < -0.4 is 0 Å². The van der Waals surface area contributed by atoms with Crippen LogP contribution in [-0.2, 0) is 4.79 Å². The van der Waals surface area contributed by atoms with E-state index in [-0.39, 0.29) is 6.08 Å². The summed E-state index contributed by atoms with van der Waals surface area (Å²) in [6.07, 6.45) is -4.81. The molecule has 0 aromatic carbocycles. The second kappa shape index (κ2) is 2.65. The Balaban J connectivity index is 4.91. The molecule has 0 rings (SSSR count). The van der Waals surface area contributed by atoms with Crippen LogP contribution in [0.25, 0.3) is 0 Å². The number of ketones is 1. The smallest absolute Gasteiger partial charge is 0.370 e. The molecule has 0 unspecified atom stereocenters. The van der Waals surface area contributed by atoms with Crippen LogP contribution in [0.4, 0.5) is 13.2 Å². The van der Waals surface area contributed by atoms with Crippen molar-refractivity contribution in [3.05, 3.63) is 12.7 Å². The fourth-order valence-electron chi connectivity index (χ4n) is 0.459. The molecule has 0 radical (unpaired) electrons. The molecule has 0 spiro atoms. The maximum absolute atomic E-state index is 11.8. The van der Waals surface area contributed by atoms with E-state index in [9.17, 15) is 18.0 Å². The summed E-state index contributed by atoms with van der Waals surface area (Å²) >= 11 is 0. The molecule has 5 heteroatoms. The lowest BCUT2D eigenvalue weighted by Gasteiger charge is -2.23. The molecular weight excluding hydrogens is 161 g/mol. The second-order valence-corrected chi connectivity index (χ2v) is 2.02. The molecule has 0 aliphatic rings. The first kappa shape index (κ1) is 10.2. The van der Waals surface area contributed by atoms with Crippen molar-refractivity contribution in [1.29, 1.82) is 0 Å². The summed E-state index contributed by atoms with van der Waals surface area (Å²) in [5.74, 6) is -1.39.